The lowest BCUT2D eigenvalue weighted by Crippen LogP contribution is -2.36. The molecule has 0 spiro atoms. The van der Waals surface area contributed by atoms with Gasteiger partial charge in [0.25, 0.3) is 10.0 Å². The molecule has 27 heavy (non-hydrogen) atoms. The number of carboxylic acid groups (broad SMARTS) is 1. The van der Waals surface area contributed by atoms with E-state index >= 15 is 0 Å². The first-order valence-electron chi connectivity index (χ1n) is 8.29. The minimum Gasteiger partial charge on any atom is -0.492 e. The molecule has 0 saturated carbocycles. The zero-order chi connectivity index (χ0) is 19.4. The van der Waals surface area contributed by atoms with E-state index in [1.807, 2.05) is 0 Å². The van der Waals surface area contributed by atoms with Crippen LogP contribution < -0.4 is 18.5 Å². The molecule has 0 aromatic heterocycles. The molecule has 2 aromatic carbocycles. The lowest BCUT2D eigenvalue weighted by atomic mass is 10.3. The number of hydrogen-bond donors (Lipinski definition) is 1. The summed E-state index contributed by atoms with van der Waals surface area (Å²) in [6.07, 6.45) is 0. The molecule has 0 radical (unpaired) electrons. The number of benzene rings is 2. The molecule has 0 saturated heterocycles. The fourth-order valence-corrected chi connectivity index (χ4v) is 4.12. The van der Waals surface area contributed by atoms with E-state index in [4.69, 9.17) is 14.2 Å². The van der Waals surface area contributed by atoms with Crippen LogP contribution in [0, 0.1) is 0 Å². The topological polar surface area (TPSA) is 102 Å². The van der Waals surface area contributed by atoms with Crippen molar-refractivity contribution in [2.24, 2.45) is 0 Å². The highest BCUT2D eigenvalue weighted by Gasteiger charge is 2.30. The molecular weight excluding hydrogens is 374 g/mol. The number of carbonyl (C=O) groups is 1. The number of hydrogen-bond acceptors (Lipinski definition) is 6. The fraction of sp³-hybridized carbons (Fsp3) is 0.278. The molecule has 8 nitrogen and oxygen atoms in total. The highest BCUT2D eigenvalue weighted by molar-refractivity contribution is 7.92. The Labute approximate surface area is 156 Å². The van der Waals surface area contributed by atoms with Gasteiger partial charge < -0.3 is 19.3 Å². The Bertz CT molecular complexity index is 942. The quantitative estimate of drug-likeness (QED) is 0.769. The van der Waals surface area contributed by atoms with E-state index in [-0.39, 0.29) is 16.3 Å². The van der Waals surface area contributed by atoms with E-state index in [0.29, 0.717) is 31.3 Å². The Morgan fingerprint density at radius 3 is 2.56 bits per heavy atom. The smallest absolute Gasteiger partial charge is 0.324 e. The maximum Gasteiger partial charge on any atom is 0.324 e. The van der Waals surface area contributed by atoms with Crippen molar-refractivity contribution in [3.05, 3.63) is 42.5 Å². The van der Waals surface area contributed by atoms with Crippen LogP contribution in [0.5, 0.6) is 17.2 Å². The number of ether oxygens (including phenoxy) is 3. The molecule has 9 heteroatoms. The molecule has 0 unspecified atom stereocenters. The average Bonchev–Trinajstić information content (AvgIpc) is 2.66. The summed E-state index contributed by atoms with van der Waals surface area (Å²) < 4.78 is 43.6. The van der Waals surface area contributed by atoms with Gasteiger partial charge in [0.1, 0.15) is 25.5 Å². The summed E-state index contributed by atoms with van der Waals surface area (Å²) in [6, 6.07) is 10.6. The van der Waals surface area contributed by atoms with Gasteiger partial charge >= 0.3 is 5.97 Å². The third-order valence-electron chi connectivity index (χ3n) is 3.81. The van der Waals surface area contributed by atoms with Crippen LogP contribution in [-0.4, -0.2) is 45.9 Å². The molecule has 1 N–H and O–H groups in total. The molecule has 1 aliphatic rings. The maximum absolute atomic E-state index is 13.2. The number of carboxylic acids is 1. The van der Waals surface area contributed by atoms with Crippen LogP contribution >= 0.6 is 0 Å². The zero-order valence-electron chi connectivity index (χ0n) is 14.6. The summed E-state index contributed by atoms with van der Waals surface area (Å²) in [5, 5.41) is 9.28. The molecule has 2 aromatic rings. The summed E-state index contributed by atoms with van der Waals surface area (Å²) in [6.45, 7) is 2.00. The minimum atomic E-state index is -4.19. The molecule has 0 fully saturated rings. The summed E-state index contributed by atoms with van der Waals surface area (Å²) in [4.78, 5) is 11.3. The molecule has 1 heterocycles. The zero-order valence-corrected chi connectivity index (χ0v) is 15.4. The van der Waals surface area contributed by atoms with Crippen molar-refractivity contribution in [2.45, 2.75) is 11.8 Å². The Hall–Kier alpha value is -2.94. The molecule has 144 valence electrons. The molecule has 1 aliphatic heterocycles. The second-order valence-electron chi connectivity index (χ2n) is 5.61. The summed E-state index contributed by atoms with van der Waals surface area (Å²) >= 11 is 0. The Morgan fingerprint density at radius 1 is 1.15 bits per heavy atom. The first kappa shape index (κ1) is 18.8. The van der Waals surface area contributed by atoms with Gasteiger partial charge in [0.05, 0.1) is 17.2 Å². The lowest BCUT2D eigenvalue weighted by molar-refractivity contribution is -0.135. The van der Waals surface area contributed by atoms with E-state index < -0.39 is 22.5 Å². The van der Waals surface area contributed by atoms with Crippen molar-refractivity contribution >= 4 is 21.7 Å². The number of nitrogens with zero attached hydrogens (tertiary/aromatic N) is 1. The fourth-order valence-electron chi connectivity index (χ4n) is 2.67. The number of rotatable bonds is 7. The standard InChI is InChI=1S/C18H19NO7S/c1-2-24-15-6-4-3-5-14(15)19(12-18(20)21)27(22,23)13-7-8-16-17(11-13)26-10-9-25-16/h3-8,11H,2,9-10,12H2,1H3,(H,20,21). The molecule has 3 rings (SSSR count). The Kier molecular flexibility index (Phi) is 5.41. The molecular formula is C18H19NO7S. The van der Waals surface area contributed by atoms with E-state index in [9.17, 15) is 18.3 Å². The lowest BCUT2D eigenvalue weighted by Gasteiger charge is -2.25. The maximum atomic E-state index is 13.2. The molecule has 0 bridgehead atoms. The van der Waals surface area contributed by atoms with Gasteiger partial charge in [0.2, 0.25) is 0 Å². The predicted octanol–water partition coefficient (Wildman–Crippen LogP) is 2.14. The van der Waals surface area contributed by atoms with Gasteiger partial charge in [0, 0.05) is 6.07 Å². The van der Waals surface area contributed by atoms with Crippen molar-refractivity contribution in [3.8, 4) is 17.2 Å². The van der Waals surface area contributed by atoms with Gasteiger partial charge in [0.15, 0.2) is 11.5 Å². The van der Waals surface area contributed by atoms with Crippen LogP contribution in [-0.2, 0) is 14.8 Å². The van der Waals surface area contributed by atoms with Gasteiger partial charge in [-0.3, -0.25) is 9.10 Å². The largest absolute Gasteiger partial charge is 0.492 e. The second-order valence-corrected chi connectivity index (χ2v) is 7.47. The normalized spacial score (nSPS) is 13.1. The van der Waals surface area contributed by atoms with Crippen LogP contribution in [0.3, 0.4) is 0 Å². The highest BCUT2D eigenvalue weighted by atomic mass is 32.2. The van der Waals surface area contributed by atoms with Crippen LogP contribution in [0.4, 0.5) is 5.69 Å². The van der Waals surface area contributed by atoms with Crippen LogP contribution in [0.1, 0.15) is 6.92 Å². The summed E-state index contributed by atoms with van der Waals surface area (Å²) in [5.41, 5.74) is 0.150. The first-order valence-corrected chi connectivity index (χ1v) is 9.73. The van der Waals surface area contributed by atoms with Gasteiger partial charge in [-0.25, -0.2) is 8.42 Å². The molecule has 0 aliphatic carbocycles. The number of para-hydroxylation sites is 2. The number of fused-ring (bicyclic) bond motifs is 1. The van der Waals surface area contributed by atoms with Gasteiger partial charge in [-0.2, -0.15) is 0 Å². The monoisotopic (exact) mass is 393 g/mol. The Morgan fingerprint density at radius 2 is 1.85 bits per heavy atom. The van der Waals surface area contributed by atoms with Gasteiger partial charge in [-0.15, -0.1) is 0 Å². The van der Waals surface area contributed by atoms with Gasteiger partial charge in [-0.1, -0.05) is 12.1 Å². The summed E-state index contributed by atoms with van der Waals surface area (Å²) in [5.74, 6) is -0.264. The van der Waals surface area contributed by atoms with Crippen molar-refractivity contribution in [2.75, 3.05) is 30.7 Å². The van der Waals surface area contributed by atoms with Crippen molar-refractivity contribution in [3.63, 3.8) is 0 Å². The second kappa shape index (κ2) is 7.75. The average molecular weight is 393 g/mol. The van der Waals surface area contributed by atoms with E-state index in [1.54, 1.807) is 25.1 Å². The molecule has 0 amide bonds. The number of sulfonamides is 1. The van der Waals surface area contributed by atoms with Crippen molar-refractivity contribution < 1.29 is 32.5 Å². The van der Waals surface area contributed by atoms with E-state index in [1.165, 1.54) is 24.3 Å². The van der Waals surface area contributed by atoms with E-state index in [2.05, 4.69) is 0 Å². The third-order valence-corrected chi connectivity index (χ3v) is 5.57. The summed E-state index contributed by atoms with van der Waals surface area (Å²) in [7, 11) is -4.19. The van der Waals surface area contributed by atoms with Crippen molar-refractivity contribution in [1.82, 2.24) is 0 Å². The molecule has 0 atom stereocenters. The SMILES string of the molecule is CCOc1ccccc1N(CC(=O)O)S(=O)(=O)c1ccc2c(c1)OCCO2. The number of aliphatic carboxylic acids is 1. The van der Waals surface area contributed by atoms with Crippen LogP contribution in [0.25, 0.3) is 0 Å². The van der Waals surface area contributed by atoms with Crippen LogP contribution in [0.15, 0.2) is 47.4 Å². The predicted molar refractivity (Wildman–Crippen MR) is 97.2 cm³/mol. The number of anilines is 1. The van der Waals surface area contributed by atoms with Crippen LogP contribution in [0.2, 0.25) is 0 Å². The highest BCUT2D eigenvalue weighted by Crippen LogP contribution is 2.36. The third kappa shape index (κ3) is 3.92. The van der Waals surface area contributed by atoms with Crippen molar-refractivity contribution in [1.29, 1.82) is 0 Å². The minimum absolute atomic E-state index is 0.0979. The van der Waals surface area contributed by atoms with E-state index in [0.717, 1.165) is 4.31 Å². The Balaban J connectivity index is 2.08. The van der Waals surface area contributed by atoms with Gasteiger partial charge in [-0.05, 0) is 31.2 Å². The first-order chi connectivity index (χ1) is 12.9.